The van der Waals surface area contributed by atoms with Crippen LogP contribution >= 0.6 is 0 Å². The Hall–Kier alpha value is -2.36. The standard InChI is InChI=1S/C10H14N6O3S/c1-2-5-16-6-7(10(11)14-16)20(18,19)15-8-3-4-9(17)13-12-8/h3-4,6H,2,5H2,1H3,(H2,11,14)(H,12,15)(H,13,17). The number of nitrogens with zero attached hydrogens (tertiary/aromatic N) is 3. The molecular formula is C10H14N6O3S. The first-order valence-corrected chi connectivity index (χ1v) is 7.32. The summed E-state index contributed by atoms with van der Waals surface area (Å²) in [4.78, 5) is 10.7. The normalized spacial score (nSPS) is 11.4. The molecule has 0 saturated carbocycles. The van der Waals surface area contributed by atoms with E-state index in [1.165, 1.54) is 16.9 Å². The number of nitrogens with two attached hydrogens (primary N) is 1. The molecule has 0 radical (unpaired) electrons. The number of anilines is 2. The van der Waals surface area contributed by atoms with Crippen molar-refractivity contribution in [2.24, 2.45) is 0 Å². The summed E-state index contributed by atoms with van der Waals surface area (Å²) < 4.78 is 28.0. The lowest BCUT2D eigenvalue weighted by atomic mass is 10.5. The van der Waals surface area contributed by atoms with Gasteiger partial charge in [-0.3, -0.25) is 14.2 Å². The minimum absolute atomic E-state index is 0.00718. The number of aromatic amines is 1. The van der Waals surface area contributed by atoms with E-state index < -0.39 is 15.6 Å². The lowest BCUT2D eigenvalue weighted by Gasteiger charge is -2.04. The van der Waals surface area contributed by atoms with Crippen LogP contribution in [-0.2, 0) is 16.6 Å². The molecule has 108 valence electrons. The Morgan fingerprint density at radius 1 is 1.45 bits per heavy atom. The highest BCUT2D eigenvalue weighted by Gasteiger charge is 2.21. The molecule has 0 atom stereocenters. The van der Waals surface area contributed by atoms with Crippen molar-refractivity contribution in [3.05, 3.63) is 28.7 Å². The molecule has 2 rings (SSSR count). The Labute approximate surface area is 114 Å². The second kappa shape index (κ2) is 5.33. The number of aryl methyl sites for hydroxylation is 1. The molecule has 0 aliphatic rings. The van der Waals surface area contributed by atoms with Gasteiger partial charge in [0.25, 0.3) is 15.6 Å². The average Bonchev–Trinajstić information content (AvgIpc) is 2.74. The molecule has 9 nitrogen and oxygen atoms in total. The van der Waals surface area contributed by atoms with E-state index in [0.717, 1.165) is 12.5 Å². The van der Waals surface area contributed by atoms with Gasteiger partial charge in [-0.1, -0.05) is 6.92 Å². The Bertz CT molecular complexity index is 743. The van der Waals surface area contributed by atoms with Crippen molar-refractivity contribution in [2.75, 3.05) is 10.5 Å². The van der Waals surface area contributed by atoms with E-state index >= 15 is 0 Å². The van der Waals surface area contributed by atoms with Crippen molar-refractivity contribution < 1.29 is 8.42 Å². The summed E-state index contributed by atoms with van der Waals surface area (Å²) in [7, 11) is -3.90. The highest BCUT2D eigenvalue weighted by atomic mass is 32.2. The van der Waals surface area contributed by atoms with Crippen LogP contribution in [-0.4, -0.2) is 28.4 Å². The van der Waals surface area contributed by atoms with Gasteiger partial charge in [0.1, 0.15) is 4.90 Å². The number of sulfonamides is 1. The van der Waals surface area contributed by atoms with E-state index in [0.29, 0.717) is 6.54 Å². The van der Waals surface area contributed by atoms with Crippen molar-refractivity contribution in [2.45, 2.75) is 24.8 Å². The monoisotopic (exact) mass is 298 g/mol. The lowest BCUT2D eigenvalue weighted by molar-refractivity contribution is 0.595. The van der Waals surface area contributed by atoms with Crippen LogP contribution in [0.2, 0.25) is 0 Å². The fourth-order valence-corrected chi connectivity index (χ4v) is 2.64. The molecule has 0 aromatic carbocycles. The molecule has 2 aromatic rings. The maximum absolute atomic E-state index is 12.1. The third kappa shape index (κ3) is 2.96. The first-order chi connectivity index (χ1) is 9.42. The summed E-state index contributed by atoms with van der Waals surface area (Å²) >= 11 is 0. The predicted molar refractivity (Wildman–Crippen MR) is 72.6 cm³/mol. The van der Waals surface area contributed by atoms with E-state index in [-0.39, 0.29) is 16.5 Å². The molecule has 0 amide bonds. The van der Waals surface area contributed by atoms with E-state index in [9.17, 15) is 13.2 Å². The van der Waals surface area contributed by atoms with E-state index in [2.05, 4.69) is 20.0 Å². The van der Waals surface area contributed by atoms with Gasteiger partial charge in [-0.2, -0.15) is 10.2 Å². The molecule has 2 heterocycles. The molecule has 0 bridgehead atoms. The number of H-pyrrole nitrogens is 1. The molecule has 0 aliphatic heterocycles. The third-order valence-electron chi connectivity index (χ3n) is 2.42. The van der Waals surface area contributed by atoms with Gasteiger partial charge in [0.15, 0.2) is 11.6 Å². The summed E-state index contributed by atoms with van der Waals surface area (Å²) in [6.07, 6.45) is 2.16. The first-order valence-electron chi connectivity index (χ1n) is 5.84. The third-order valence-corrected chi connectivity index (χ3v) is 3.79. The Kier molecular flexibility index (Phi) is 3.74. The molecule has 0 unspecified atom stereocenters. The number of hydrogen-bond acceptors (Lipinski definition) is 6. The molecule has 0 aliphatic carbocycles. The fraction of sp³-hybridized carbons (Fsp3) is 0.300. The molecule has 0 spiro atoms. The maximum Gasteiger partial charge on any atom is 0.268 e. The summed E-state index contributed by atoms with van der Waals surface area (Å²) in [6, 6.07) is 2.41. The number of aromatic nitrogens is 4. The van der Waals surface area contributed by atoms with Crippen LogP contribution in [0.5, 0.6) is 0 Å². The second-order valence-corrected chi connectivity index (χ2v) is 5.70. The van der Waals surface area contributed by atoms with Crippen molar-refractivity contribution in [1.29, 1.82) is 0 Å². The average molecular weight is 298 g/mol. The van der Waals surface area contributed by atoms with Crippen LogP contribution in [0.15, 0.2) is 28.0 Å². The van der Waals surface area contributed by atoms with Crippen LogP contribution in [0.1, 0.15) is 13.3 Å². The van der Waals surface area contributed by atoms with Gasteiger partial charge in [-0.25, -0.2) is 13.5 Å². The fourth-order valence-electron chi connectivity index (χ4n) is 1.56. The molecule has 0 saturated heterocycles. The molecule has 20 heavy (non-hydrogen) atoms. The maximum atomic E-state index is 12.1. The molecular weight excluding hydrogens is 284 g/mol. The van der Waals surface area contributed by atoms with Crippen LogP contribution in [0.3, 0.4) is 0 Å². The van der Waals surface area contributed by atoms with E-state index in [4.69, 9.17) is 5.73 Å². The van der Waals surface area contributed by atoms with Gasteiger partial charge >= 0.3 is 0 Å². The van der Waals surface area contributed by atoms with Gasteiger partial charge in [0.05, 0.1) is 0 Å². The zero-order valence-electron chi connectivity index (χ0n) is 10.7. The van der Waals surface area contributed by atoms with Crippen LogP contribution in [0.25, 0.3) is 0 Å². The zero-order chi connectivity index (χ0) is 14.8. The first kappa shape index (κ1) is 14.1. The minimum Gasteiger partial charge on any atom is -0.381 e. The van der Waals surface area contributed by atoms with Gasteiger partial charge < -0.3 is 5.73 Å². The SMILES string of the molecule is CCCn1cc(S(=O)(=O)Nc2ccc(=O)[nH]n2)c(N)n1. The molecule has 10 heteroatoms. The number of rotatable bonds is 5. The number of hydrogen-bond donors (Lipinski definition) is 3. The summed E-state index contributed by atoms with van der Waals surface area (Å²) in [5.74, 6) is -0.0948. The predicted octanol–water partition coefficient (Wildman–Crippen LogP) is -0.241. The Morgan fingerprint density at radius 3 is 2.80 bits per heavy atom. The summed E-state index contributed by atoms with van der Waals surface area (Å²) in [6.45, 7) is 2.51. The van der Waals surface area contributed by atoms with E-state index in [1.54, 1.807) is 0 Å². The van der Waals surface area contributed by atoms with Crippen LogP contribution < -0.4 is 16.0 Å². The Balaban J connectivity index is 2.30. The molecule has 0 fully saturated rings. The van der Waals surface area contributed by atoms with Crippen molar-refractivity contribution in [1.82, 2.24) is 20.0 Å². The summed E-state index contributed by atoms with van der Waals surface area (Å²) in [5.41, 5.74) is 5.18. The van der Waals surface area contributed by atoms with E-state index in [1.807, 2.05) is 6.92 Å². The zero-order valence-corrected chi connectivity index (χ0v) is 11.5. The van der Waals surface area contributed by atoms with Crippen LogP contribution in [0, 0.1) is 0 Å². The smallest absolute Gasteiger partial charge is 0.268 e. The molecule has 4 N–H and O–H groups in total. The summed E-state index contributed by atoms with van der Waals surface area (Å²) in [5, 5.41) is 9.61. The molecule has 2 aromatic heterocycles. The van der Waals surface area contributed by atoms with Gasteiger partial charge in [-0.15, -0.1) is 0 Å². The highest BCUT2D eigenvalue weighted by Crippen LogP contribution is 2.19. The van der Waals surface area contributed by atoms with Gasteiger partial charge in [0, 0.05) is 18.8 Å². The van der Waals surface area contributed by atoms with Gasteiger partial charge in [-0.05, 0) is 12.5 Å². The topological polar surface area (TPSA) is 136 Å². The lowest BCUT2D eigenvalue weighted by Crippen LogP contribution is -2.17. The Morgan fingerprint density at radius 2 is 2.20 bits per heavy atom. The number of nitrogen functional groups attached to an aromatic ring is 1. The highest BCUT2D eigenvalue weighted by molar-refractivity contribution is 7.92. The van der Waals surface area contributed by atoms with Crippen LogP contribution in [0.4, 0.5) is 11.6 Å². The van der Waals surface area contributed by atoms with Gasteiger partial charge in [0.2, 0.25) is 0 Å². The quantitative estimate of drug-likeness (QED) is 0.697. The second-order valence-electron chi connectivity index (χ2n) is 4.05. The largest absolute Gasteiger partial charge is 0.381 e. The van der Waals surface area contributed by atoms with Crippen molar-refractivity contribution in [3.63, 3.8) is 0 Å². The van der Waals surface area contributed by atoms with Crippen molar-refractivity contribution in [3.8, 4) is 0 Å². The minimum atomic E-state index is -3.90. The number of nitrogens with one attached hydrogen (secondary N) is 2. The van der Waals surface area contributed by atoms with Crippen molar-refractivity contribution >= 4 is 21.7 Å².